The summed E-state index contributed by atoms with van der Waals surface area (Å²) in [6.07, 6.45) is 3.50. The van der Waals surface area contributed by atoms with E-state index < -0.39 is 0 Å². The highest BCUT2D eigenvalue weighted by molar-refractivity contribution is 8.00. The predicted octanol–water partition coefficient (Wildman–Crippen LogP) is 3.52. The van der Waals surface area contributed by atoms with Gasteiger partial charge in [-0.25, -0.2) is 0 Å². The lowest BCUT2D eigenvalue weighted by molar-refractivity contribution is -0.115. The molecule has 1 aliphatic rings. The molecule has 0 saturated carbocycles. The fraction of sp³-hybridized carbons (Fsp3) is 0.200. The van der Waals surface area contributed by atoms with Crippen LogP contribution in [0.4, 0.5) is 5.69 Å². The van der Waals surface area contributed by atoms with Gasteiger partial charge < -0.3 is 4.74 Å². The molecule has 21 heavy (non-hydrogen) atoms. The molecule has 1 amide bonds. The van der Waals surface area contributed by atoms with E-state index in [1.54, 1.807) is 54.4 Å². The van der Waals surface area contributed by atoms with Crippen molar-refractivity contribution in [3.63, 3.8) is 0 Å². The van der Waals surface area contributed by atoms with Crippen LogP contribution in [-0.4, -0.2) is 23.8 Å². The van der Waals surface area contributed by atoms with E-state index in [0.717, 1.165) is 5.56 Å². The number of nitrogens with zero attached hydrogens (tertiary/aromatic N) is 2. The minimum Gasteiger partial charge on any atom is -0.495 e. The van der Waals surface area contributed by atoms with Crippen LogP contribution in [0.2, 0.25) is 5.02 Å². The lowest BCUT2D eigenvalue weighted by atomic mass is 10.2. The van der Waals surface area contributed by atoms with Gasteiger partial charge >= 0.3 is 0 Å². The van der Waals surface area contributed by atoms with E-state index in [1.165, 1.54) is 0 Å². The molecule has 1 aromatic heterocycles. The van der Waals surface area contributed by atoms with Crippen molar-refractivity contribution in [1.82, 2.24) is 4.98 Å². The Kier molecular flexibility index (Phi) is 4.03. The number of benzene rings is 1. The molecule has 1 saturated heterocycles. The topological polar surface area (TPSA) is 42.4 Å². The first kappa shape index (κ1) is 14.2. The van der Waals surface area contributed by atoms with Gasteiger partial charge in [-0.15, -0.1) is 11.8 Å². The molecule has 2 heterocycles. The van der Waals surface area contributed by atoms with Gasteiger partial charge in [0, 0.05) is 23.0 Å². The summed E-state index contributed by atoms with van der Waals surface area (Å²) in [4.78, 5) is 18.2. The Morgan fingerprint density at radius 3 is 3.00 bits per heavy atom. The van der Waals surface area contributed by atoms with E-state index in [-0.39, 0.29) is 11.3 Å². The molecule has 0 bridgehead atoms. The molecule has 6 heteroatoms. The van der Waals surface area contributed by atoms with Crippen molar-refractivity contribution in [3.05, 3.63) is 53.3 Å². The number of halogens is 1. The van der Waals surface area contributed by atoms with Crippen LogP contribution in [0.25, 0.3) is 0 Å². The smallest absolute Gasteiger partial charge is 0.238 e. The molecule has 3 rings (SSSR count). The summed E-state index contributed by atoms with van der Waals surface area (Å²) >= 11 is 7.65. The first-order valence-electron chi connectivity index (χ1n) is 6.38. The molecule has 0 aliphatic carbocycles. The van der Waals surface area contributed by atoms with Gasteiger partial charge in [-0.1, -0.05) is 17.7 Å². The van der Waals surface area contributed by atoms with Crippen molar-refractivity contribution >= 4 is 35.0 Å². The molecule has 2 aromatic rings. The lowest BCUT2D eigenvalue weighted by Gasteiger charge is -2.25. The SMILES string of the molecule is COc1ccc(Cl)cc1N1C(=O)CSC1c1cccnc1. The number of aromatic nitrogens is 1. The van der Waals surface area contributed by atoms with Crippen LogP contribution in [0.1, 0.15) is 10.9 Å². The summed E-state index contributed by atoms with van der Waals surface area (Å²) in [5, 5.41) is 0.457. The molecule has 1 unspecified atom stereocenters. The molecule has 4 nitrogen and oxygen atoms in total. The van der Waals surface area contributed by atoms with Gasteiger partial charge in [0.1, 0.15) is 11.1 Å². The van der Waals surface area contributed by atoms with Gasteiger partial charge in [-0.2, -0.15) is 0 Å². The number of anilines is 1. The van der Waals surface area contributed by atoms with E-state index in [9.17, 15) is 4.79 Å². The Morgan fingerprint density at radius 1 is 1.43 bits per heavy atom. The standard InChI is InChI=1S/C15H13ClN2O2S/c1-20-13-5-4-11(16)7-12(13)18-14(19)9-21-15(18)10-3-2-6-17-8-10/h2-8,15H,9H2,1H3. The quantitative estimate of drug-likeness (QED) is 0.867. The summed E-state index contributed by atoms with van der Waals surface area (Å²) in [5.41, 5.74) is 1.67. The maximum Gasteiger partial charge on any atom is 0.238 e. The molecule has 108 valence electrons. The normalized spacial score (nSPS) is 18.1. The van der Waals surface area contributed by atoms with Gasteiger partial charge in [-0.3, -0.25) is 14.7 Å². The van der Waals surface area contributed by atoms with Crippen LogP contribution in [0.15, 0.2) is 42.7 Å². The number of hydrogen-bond donors (Lipinski definition) is 0. The van der Waals surface area contributed by atoms with E-state index in [1.807, 2.05) is 12.1 Å². The van der Waals surface area contributed by atoms with Crippen LogP contribution in [0, 0.1) is 0 Å². The predicted molar refractivity (Wildman–Crippen MR) is 84.9 cm³/mol. The third-order valence-corrected chi connectivity index (χ3v) is 4.69. The van der Waals surface area contributed by atoms with Crippen LogP contribution >= 0.6 is 23.4 Å². The zero-order chi connectivity index (χ0) is 14.8. The van der Waals surface area contributed by atoms with E-state index in [0.29, 0.717) is 22.2 Å². The van der Waals surface area contributed by atoms with Crippen molar-refractivity contribution in [2.45, 2.75) is 5.37 Å². The third kappa shape index (κ3) is 2.71. The summed E-state index contributed by atoms with van der Waals surface area (Å²) in [6, 6.07) is 9.11. The summed E-state index contributed by atoms with van der Waals surface area (Å²) in [5.74, 6) is 1.09. The Labute approximate surface area is 132 Å². The van der Waals surface area contributed by atoms with E-state index in [2.05, 4.69) is 4.98 Å². The monoisotopic (exact) mass is 320 g/mol. The number of carbonyl (C=O) groups excluding carboxylic acids is 1. The first-order chi connectivity index (χ1) is 10.2. The lowest BCUT2D eigenvalue weighted by Crippen LogP contribution is -2.28. The number of thioether (sulfide) groups is 1. The number of carbonyl (C=O) groups is 1. The fourth-order valence-electron chi connectivity index (χ4n) is 2.30. The fourth-order valence-corrected chi connectivity index (χ4v) is 3.62. The molecule has 0 radical (unpaired) electrons. The zero-order valence-corrected chi connectivity index (χ0v) is 12.9. The van der Waals surface area contributed by atoms with Gasteiger partial charge in [0.25, 0.3) is 0 Å². The van der Waals surface area contributed by atoms with E-state index in [4.69, 9.17) is 16.3 Å². The highest BCUT2D eigenvalue weighted by Crippen LogP contribution is 2.45. The van der Waals surface area contributed by atoms with Gasteiger partial charge in [0.05, 0.1) is 18.6 Å². The number of methoxy groups -OCH3 is 1. The molecule has 1 atom stereocenters. The average molecular weight is 321 g/mol. The number of rotatable bonds is 3. The maximum absolute atomic E-state index is 12.3. The van der Waals surface area contributed by atoms with Crippen LogP contribution in [0.5, 0.6) is 5.75 Å². The first-order valence-corrected chi connectivity index (χ1v) is 7.80. The Balaban J connectivity index is 2.06. The number of hydrogen-bond acceptors (Lipinski definition) is 4. The van der Waals surface area contributed by atoms with Crippen molar-refractivity contribution < 1.29 is 9.53 Å². The molecular formula is C15H13ClN2O2S. The van der Waals surface area contributed by atoms with Crippen molar-refractivity contribution in [2.75, 3.05) is 17.8 Å². The average Bonchev–Trinajstić information content (AvgIpc) is 2.89. The number of pyridine rings is 1. The second kappa shape index (κ2) is 5.95. The molecule has 1 aromatic carbocycles. The Hall–Kier alpha value is -1.72. The largest absolute Gasteiger partial charge is 0.495 e. The van der Waals surface area contributed by atoms with Crippen molar-refractivity contribution in [3.8, 4) is 5.75 Å². The van der Waals surface area contributed by atoms with Crippen LogP contribution < -0.4 is 9.64 Å². The van der Waals surface area contributed by atoms with Gasteiger partial charge in [0.15, 0.2) is 0 Å². The van der Waals surface area contributed by atoms with Gasteiger partial charge in [0.2, 0.25) is 5.91 Å². The Morgan fingerprint density at radius 2 is 2.29 bits per heavy atom. The minimum atomic E-state index is -0.112. The van der Waals surface area contributed by atoms with Crippen molar-refractivity contribution in [2.24, 2.45) is 0 Å². The minimum absolute atomic E-state index is 0.0365. The highest BCUT2D eigenvalue weighted by atomic mass is 35.5. The summed E-state index contributed by atoms with van der Waals surface area (Å²) in [7, 11) is 1.58. The second-order valence-electron chi connectivity index (χ2n) is 4.53. The molecule has 1 aliphatic heterocycles. The van der Waals surface area contributed by atoms with Gasteiger partial charge in [-0.05, 0) is 24.3 Å². The van der Waals surface area contributed by atoms with Crippen molar-refractivity contribution in [1.29, 1.82) is 0 Å². The van der Waals surface area contributed by atoms with Crippen LogP contribution in [0.3, 0.4) is 0 Å². The molecule has 1 fully saturated rings. The zero-order valence-electron chi connectivity index (χ0n) is 11.3. The second-order valence-corrected chi connectivity index (χ2v) is 6.03. The number of amides is 1. The highest BCUT2D eigenvalue weighted by Gasteiger charge is 2.35. The summed E-state index contributed by atoms with van der Waals surface area (Å²) < 4.78 is 5.37. The van der Waals surface area contributed by atoms with E-state index >= 15 is 0 Å². The third-order valence-electron chi connectivity index (χ3n) is 3.24. The molecule has 0 spiro atoms. The Bertz CT molecular complexity index is 666. The maximum atomic E-state index is 12.3. The number of ether oxygens (including phenoxy) is 1. The summed E-state index contributed by atoms with van der Waals surface area (Å²) in [6.45, 7) is 0. The van der Waals surface area contributed by atoms with Crippen LogP contribution in [-0.2, 0) is 4.79 Å². The molecular weight excluding hydrogens is 308 g/mol. The molecule has 0 N–H and O–H groups in total.